The van der Waals surface area contributed by atoms with E-state index in [9.17, 15) is 13.2 Å². The van der Waals surface area contributed by atoms with Crippen molar-refractivity contribution in [2.24, 2.45) is 5.92 Å². The summed E-state index contributed by atoms with van der Waals surface area (Å²) in [6.45, 7) is 0.678. The van der Waals surface area contributed by atoms with Crippen LogP contribution in [0.4, 0.5) is 5.69 Å². The highest BCUT2D eigenvalue weighted by atomic mass is 32.2. The van der Waals surface area contributed by atoms with E-state index in [1.54, 1.807) is 43.5 Å². The summed E-state index contributed by atoms with van der Waals surface area (Å²) in [5.74, 6) is 1.02. The van der Waals surface area contributed by atoms with Crippen molar-refractivity contribution < 1.29 is 17.9 Å². The minimum absolute atomic E-state index is 0.104. The van der Waals surface area contributed by atoms with Crippen LogP contribution >= 0.6 is 0 Å². The van der Waals surface area contributed by atoms with E-state index in [1.807, 2.05) is 0 Å². The number of rotatable bonds is 7. The molecule has 0 saturated heterocycles. The Morgan fingerprint density at radius 2 is 1.64 bits per heavy atom. The van der Waals surface area contributed by atoms with Crippen LogP contribution in [0.5, 0.6) is 5.75 Å². The summed E-state index contributed by atoms with van der Waals surface area (Å²) in [5.41, 5.74) is 0.898. The van der Waals surface area contributed by atoms with Crippen LogP contribution in [-0.2, 0) is 10.0 Å². The zero-order valence-corrected chi connectivity index (χ0v) is 16.8. The number of sulfonamides is 1. The Hall–Kier alpha value is -2.54. The Morgan fingerprint density at radius 1 is 1.00 bits per heavy atom. The first-order valence-corrected chi connectivity index (χ1v) is 11.0. The molecule has 0 aromatic heterocycles. The van der Waals surface area contributed by atoms with Crippen LogP contribution in [0, 0.1) is 5.92 Å². The molecule has 7 heteroatoms. The maximum Gasteiger partial charge on any atom is 0.261 e. The highest BCUT2D eigenvalue weighted by Gasteiger charge is 2.17. The molecule has 1 amide bonds. The molecule has 1 saturated carbocycles. The van der Waals surface area contributed by atoms with Gasteiger partial charge in [-0.2, -0.15) is 0 Å². The predicted molar refractivity (Wildman–Crippen MR) is 109 cm³/mol. The number of hydrogen-bond acceptors (Lipinski definition) is 4. The molecule has 2 aromatic carbocycles. The number of hydrogen-bond donors (Lipinski definition) is 2. The highest BCUT2D eigenvalue weighted by Crippen LogP contribution is 2.23. The minimum Gasteiger partial charge on any atom is -0.497 e. The lowest BCUT2D eigenvalue weighted by Crippen LogP contribution is -2.30. The number of carbonyl (C=O) groups excluding carboxylic acids is 1. The van der Waals surface area contributed by atoms with Gasteiger partial charge in [-0.15, -0.1) is 0 Å². The number of carbonyl (C=O) groups is 1. The molecule has 150 valence electrons. The van der Waals surface area contributed by atoms with Gasteiger partial charge in [0.1, 0.15) is 5.75 Å². The third-order valence-electron chi connectivity index (χ3n) is 5.05. The average molecular weight is 403 g/mol. The fourth-order valence-corrected chi connectivity index (χ4v) is 4.45. The van der Waals surface area contributed by atoms with Crippen LogP contribution in [0.1, 0.15) is 42.5 Å². The monoisotopic (exact) mass is 402 g/mol. The molecule has 2 N–H and O–H groups in total. The topological polar surface area (TPSA) is 84.5 Å². The zero-order chi connectivity index (χ0) is 20.0. The lowest BCUT2D eigenvalue weighted by Gasteiger charge is -2.21. The quantitative estimate of drug-likeness (QED) is 0.738. The molecule has 0 unspecified atom stereocenters. The van der Waals surface area contributed by atoms with Crippen molar-refractivity contribution in [2.45, 2.75) is 37.0 Å². The zero-order valence-electron chi connectivity index (χ0n) is 16.0. The van der Waals surface area contributed by atoms with E-state index in [0.717, 1.165) is 12.8 Å². The lowest BCUT2D eigenvalue weighted by molar-refractivity contribution is 0.0943. The number of nitrogens with one attached hydrogen (secondary N) is 2. The number of methoxy groups -OCH3 is 1. The summed E-state index contributed by atoms with van der Waals surface area (Å²) in [6.07, 6.45) is 6.07. The molecular weight excluding hydrogens is 376 g/mol. The molecule has 1 aliphatic carbocycles. The van der Waals surface area contributed by atoms with Gasteiger partial charge in [0.2, 0.25) is 0 Å². The standard InChI is InChI=1S/C21H26N2O4S/c1-27-19-11-9-18(10-12-19)23-28(25,26)20-13-7-17(8-14-20)21(24)22-15-16-5-3-2-4-6-16/h7-14,16,23H,2-6,15H2,1H3,(H,22,24). The van der Waals surface area contributed by atoms with Gasteiger partial charge >= 0.3 is 0 Å². The van der Waals surface area contributed by atoms with Crippen LogP contribution in [-0.4, -0.2) is 28.0 Å². The second-order valence-corrected chi connectivity index (χ2v) is 8.75. The third kappa shape index (κ3) is 5.25. The summed E-state index contributed by atoms with van der Waals surface area (Å²) >= 11 is 0. The van der Waals surface area contributed by atoms with Crippen molar-refractivity contribution in [3.8, 4) is 5.75 Å². The predicted octanol–water partition coefficient (Wildman–Crippen LogP) is 3.81. The van der Waals surface area contributed by atoms with E-state index in [1.165, 1.54) is 31.4 Å². The highest BCUT2D eigenvalue weighted by molar-refractivity contribution is 7.92. The van der Waals surface area contributed by atoms with Gasteiger partial charge in [0.05, 0.1) is 12.0 Å². The largest absolute Gasteiger partial charge is 0.497 e. The Balaban J connectivity index is 1.60. The van der Waals surface area contributed by atoms with Gasteiger partial charge in [0, 0.05) is 17.8 Å². The fraction of sp³-hybridized carbons (Fsp3) is 0.381. The molecule has 0 aliphatic heterocycles. The molecule has 28 heavy (non-hydrogen) atoms. The van der Waals surface area contributed by atoms with Crippen molar-refractivity contribution in [3.05, 3.63) is 54.1 Å². The van der Waals surface area contributed by atoms with E-state index in [0.29, 0.717) is 29.5 Å². The molecule has 1 fully saturated rings. The summed E-state index contributed by atoms with van der Waals surface area (Å²) < 4.78 is 32.6. The molecular formula is C21H26N2O4S. The normalized spacial score (nSPS) is 15.0. The average Bonchev–Trinajstić information content (AvgIpc) is 2.73. The van der Waals surface area contributed by atoms with Crippen LogP contribution in [0.3, 0.4) is 0 Å². The van der Waals surface area contributed by atoms with Crippen molar-refractivity contribution >= 4 is 21.6 Å². The van der Waals surface area contributed by atoms with Crippen LogP contribution in [0.15, 0.2) is 53.4 Å². The summed E-state index contributed by atoms with van der Waals surface area (Å²) in [7, 11) is -2.18. The minimum atomic E-state index is -3.73. The van der Waals surface area contributed by atoms with Gasteiger partial charge in [0.15, 0.2) is 0 Å². The van der Waals surface area contributed by atoms with E-state index >= 15 is 0 Å². The maximum atomic E-state index is 12.5. The smallest absolute Gasteiger partial charge is 0.261 e. The first-order chi connectivity index (χ1) is 13.5. The van der Waals surface area contributed by atoms with Gasteiger partial charge in [-0.25, -0.2) is 8.42 Å². The van der Waals surface area contributed by atoms with Crippen LogP contribution in [0.2, 0.25) is 0 Å². The van der Waals surface area contributed by atoms with Crippen molar-refractivity contribution in [2.75, 3.05) is 18.4 Å². The second kappa shape index (κ2) is 9.10. The third-order valence-corrected chi connectivity index (χ3v) is 6.44. The van der Waals surface area contributed by atoms with Gasteiger partial charge in [0.25, 0.3) is 15.9 Å². The second-order valence-electron chi connectivity index (χ2n) is 7.07. The summed E-state index contributed by atoms with van der Waals surface area (Å²) in [6, 6.07) is 12.6. The van der Waals surface area contributed by atoms with E-state index in [-0.39, 0.29) is 10.8 Å². The summed E-state index contributed by atoms with van der Waals surface area (Å²) in [4.78, 5) is 12.4. The van der Waals surface area contributed by atoms with E-state index in [4.69, 9.17) is 4.74 Å². The Morgan fingerprint density at radius 3 is 2.25 bits per heavy atom. The van der Waals surface area contributed by atoms with E-state index < -0.39 is 10.0 Å². The number of benzene rings is 2. The van der Waals surface area contributed by atoms with Crippen molar-refractivity contribution in [1.29, 1.82) is 0 Å². The number of ether oxygens (including phenoxy) is 1. The first-order valence-electron chi connectivity index (χ1n) is 9.53. The Bertz CT molecular complexity index is 887. The molecule has 0 radical (unpaired) electrons. The van der Waals surface area contributed by atoms with E-state index in [2.05, 4.69) is 10.0 Å². The van der Waals surface area contributed by atoms with Crippen LogP contribution < -0.4 is 14.8 Å². The molecule has 0 spiro atoms. The molecule has 6 nitrogen and oxygen atoms in total. The molecule has 0 bridgehead atoms. The van der Waals surface area contributed by atoms with Gasteiger partial charge < -0.3 is 10.1 Å². The Kier molecular flexibility index (Phi) is 6.57. The first kappa shape index (κ1) is 20.2. The molecule has 3 rings (SSSR count). The van der Waals surface area contributed by atoms with Crippen molar-refractivity contribution in [1.82, 2.24) is 5.32 Å². The van der Waals surface area contributed by atoms with Gasteiger partial charge in [-0.1, -0.05) is 19.3 Å². The van der Waals surface area contributed by atoms with Gasteiger partial charge in [-0.3, -0.25) is 9.52 Å². The molecule has 1 aliphatic rings. The molecule has 0 atom stereocenters. The summed E-state index contributed by atoms with van der Waals surface area (Å²) in [5, 5.41) is 2.96. The van der Waals surface area contributed by atoms with Crippen LogP contribution in [0.25, 0.3) is 0 Å². The molecule has 0 heterocycles. The molecule has 2 aromatic rings. The maximum absolute atomic E-state index is 12.5. The number of amides is 1. The number of anilines is 1. The van der Waals surface area contributed by atoms with Crippen molar-refractivity contribution in [3.63, 3.8) is 0 Å². The van der Waals surface area contributed by atoms with Gasteiger partial charge in [-0.05, 0) is 67.3 Å². The Labute approximate surface area is 166 Å². The SMILES string of the molecule is COc1ccc(NS(=O)(=O)c2ccc(C(=O)NCC3CCCCC3)cc2)cc1. The fourth-order valence-electron chi connectivity index (χ4n) is 3.39. The lowest BCUT2D eigenvalue weighted by atomic mass is 9.89.